The maximum Gasteiger partial charge on any atom is 0.0207 e. The van der Waals surface area contributed by atoms with Gasteiger partial charge in [-0.2, -0.15) is 0 Å². The van der Waals surface area contributed by atoms with E-state index in [1.807, 2.05) is 0 Å². The Morgan fingerprint density at radius 1 is 1.07 bits per heavy atom. The fraction of sp³-hybridized carbons (Fsp3) is 1.00. The van der Waals surface area contributed by atoms with Crippen molar-refractivity contribution >= 4 is 0 Å². The van der Waals surface area contributed by atoms with Crippen LogP contribution < -0.4 is 10.6 Å². The summed E-state index contributed by atoms with van der Waals surface area (Å²) in [6.45, 7) is 9.12. The average molecular weight is 195 g/mol. The van der Waals surface area contributed by atoms with Gasteiger partial charge in [0, 0.05) is 38.1 Å². The Bertz CT molecular complexity index is 199. The number of hydrogen-bond donors (Lipinski definition) is 2. The van der Waals surface area contributed by atoms with E-state index in [4.69, 9.17) is 0 Å². The van der Waals surface area contributed by atoms with Crippen molar-refractivity contribution in [3.05, 3.63) is 0 Å². The van der Waals surface area contributed by atoms with Gasteiger partial charge < -0.3 is 15.5 Å². The summed E-state index contributed by atoms with van der Waals surface area (Å²) in [7, 11) is 0. The Hall–Kier alpha value is -0.120. The summed E-state index contributed by atoms with van der Waals surface area (Å²) < 4.78 is 0. The van der Waals surface area contributed by atoms with Crippen LogP contribution in [0, 0.1) is 11.3 Å². The summed E-state index contributed by atoms with van der Waals surface area (Å²) in [6.07, 6.45) is 2.78. The largest absolute Gasteiger partial charge is 0.317 e. The van der Waals surface area contributed by atoms with Crippen LogP contribution in [-0.2, 0) is 0 Å². The van der Waals surface area contributed by atoms with Gasteiger partial charge in [0.2, 0.25) is 0 Å². The standard InChI is InChI=1S/C11H21N3/c1-3-12-4-2-10(1)5-14-8-11(9-14)6-13-7-11/h10,12-13H,1-9H2. The molecule has 3 aliphatic rings. The fourth-order valence-electron chi connectivity index (χ4n) is 3.16. The Morgan fingerprint density at radius 3 is 2.36 bits per heavy atom. The van der Waals surface area contributed by atoms with Gasteiger partial charge in [0.1, 0.15) is 0 Å². The molecule has 0 saturated carbocycles. The summed E-state index contributed by atoms with van der Waals surface area (Å²) in [5, 5.41) is 6.83. The number of rotatable bonds is 2. The van der Waals surface area contributed by atoms with Gasteiger partial charge in [-0.05, 0) is 31.8 Å². The van der Waals surface area contributed by atoms with Gasteiger partial charge in [-0.25, -0.2) is 0 Å². The molecule has 3 rings (SSSR count). The van der Waals surface area contributed by atoms with Crippen molar-refractivity contribution in [2.24, 2.45) is 11.3 Å². The molecule has 0 atom stereocenters. The monoisotopic (exact) mass is 195 g/mol. The third-order valence-electron chi connectivity index (χ3n) is 4.09. The van der Waals surface area contributed by atoms with Crippen LogP contribution in [0.2, 0.25) is 0 Å². The summed E-state index contributed by atoms with van der Waals surface area (Å²) in [5.41, 5.74) is 0.715. The van der Waals surface area contributed by atoms with Crippen molar-refractivity contribution < 1.29 is 0 Å². The van der Waals surface area contributed by atoms with Crippen LogP contribution in [0.25, 0.3) is 0 Å². The molecule has 3 heterocycles. The SMILES string of the molecule is C1CC(CN2CC3(CNC3)C2)CCN1. The second-order valence-electron chi connectivity index (χ2n) is 5.47. The Kier molecular flexibility index (Phi) is 2.26. The minimum Gasteiger partial charge on any atom is -0.317 e. The Labute approximate surface area is 86.2 Å². The first kappa shape index (κ1) is 9.13. The quantitative estimate of drug-likeness (QED) is 0.644. The molecule has 3 saturated heterocycles. The van der Waals surface area contributed by atoms with Gasteiger partial charge in [-0.1, -0.05) is 0 Å². The molecule has 0 aliphatic carbocycles. The van der Waals surface area contributed by atoms with Crippen molar-refractivity contribution in [2.45, 2.75) is 12.8 Å². The highest BCUT2D eigenvalue weighted by molar-refractivity contribution is 5.04. The van der Waals surface area contributed by atoms with Gasteiger partial charge in [0.05, 0.1) is 0 Å². The van der Waals surface area contributed by atoms with Crippen molar-refractivity contribution in [3.8, 4) is 0 Å². The van der Waals surface area contributed by atoms with Gasteiger partial charge in [-0.15, -0.1) is 0 Å². The Morgan fingerprint density at radius 2 is 1.79 bits per heavy atom. The van der Waals surface area contributed by atoms with Crippen LogP contribution in [0.5, 0.6) is 0 Å². The molecule has 80 valence electrons. The van der Waals surface area contributed by atoms with Crippen molar-refractivity contribution in [2.75, 3.05) is 45.8 Å². The van der Waals surface area contributed by atoms with Crippen LogP contribution in [0.3, 0.4) is 0 Å². The van der Waals surface area contributed by atoms with Crippen LogP contribution >= 0.6 is 0 Å². The molecule has 0 aromatic heterocycles. The van der Waals surface area contributed by atoms with E-state index in [1.165, 1.54) is 58.7 Å². The first-order chi connectivity index (χ1) is 6.86. The van der Waals surface area contributed by atoms with Gasteiger partial charge in [-0.3, -0.25) is 0 Å². The van der Waals surface area contributed by atoms with E-state index in [0.717, 1.165) is 5.92 Å². The zero-order valence-corrected chi connectivity index (χ0v) is 8.89. The first-order valence-electron chi connectivity index (χ1n) is 6.00. The molecule has 0 aromatic carbocycles. The fourth-order valence-corrected chi connectivity index (χ4v) is 3.16. The molecule has 0 bridgehead atoms. The molecule has 3 nitrogen and oxygen atoms in total. The molecule has 3 heteroatoms. The zero-order valence-electron chi connectivity index (χ0n) is 8.89. The van der Waals surface area contributed by atoms with Crippen molar-refractivity contribution in [1.82, 2.24) is 15.5 Å². The molecule has 3 aliphatic heterocycles. The third-order valence-corrected chi connectivity index (χ3v) is 4.09. The van der Waals surface area contributed by atoms with E-state index in [9.17, 15) is 0 Å². The summed E-state index contributed by atoms with van der Waals surface area (Å²) in [4.78, 5) is 2.66. The van der Waals surface area contributed by atoms with Crippen LogP contribution in [-0.4, -0.2) is 50.7 Å². The van der Waals surface area contributed by atoms with Crippen molar-refractivity contribution in [3.63, 3.8) is 0 Å². The maximum atomic E-state index is 3.43. The minimum atomic E-state index is 0.715. The summed E-state index contributed by atoms with van der Waals surface area (Å²) in [6, 6.07) is 0. The lowest BCUT2D eigenvalue weighted by molar-refractivity contribution is -0.0488. The van der Waals surface area contributed by atoms with E-state index in [2.05, 4.69) is 15.5 Å². The van der Waals surface area contributed by atoms with Gasteiger partial charge in [0.15, 0.2) is 0 Å². The average Bonchev–Trinajstić information content (AvgIpc) is 2.09. The number of hydrogen-bond acceptors (Lipinski definition) is 3. The molecule has 3 fully saturated rings. The normalized spacial score (nSPS) is 32.6. The zero-order chi connectivity index (χ0) is 9.43. The number of likely N-dealkylation sites (tertiary alicyclic amines) is 1. The summed E-state index contributed by atoms with van der Waals surface area (Å²) in [5.74, 6) is 0.974. The molecule has 1 spiro atoms. The molecule has 0 aromatic rings. The second-order valence-corrected chi connectivity index (χ2v) is 5.47. The molecule has 0 radical (unpaired) electrons. The van der Waals surface area contributed by atoms with Crippen LogP contribution in [0.4, 0.5) is 0 Å². The van der Waals surface area contributed by atoms with Gasteiger partial charge in [0.25, 0.3) is 0 Å². The number of piperidine rings is 1. The van der Waals surface area contributed by atoms with E-state index in [0.29, 0.717) is 5.41 Å². The van der Waals surface area contributed by atoms with Crippen molar-refractivity contribution in [1.29, 1.82) is 0 Å². The van der Waals surface area contributed by atoms with Gasteiger partial charge >= 0.3 is 0 Å². The Balaban J connectivity index is 1.41. The smallest absolute Gasteiger partial charge is 0.0207 e. The lowest BCUT2D eigenvalue weighted by atomic mass is 9.74. The highest BCUT2D eigenvalue weighted by atomic mass is 15.3. The van der Waals surface area contributed by atoms with E-state index in [1.54, 1.807) is 0 Å². The van der Waals surface area contributed by atoms with Crippen LogP contribution in [0.1, 0.15) is 12.8 Å². The lowest BCUT2D eigenvalue weighted by Crippen LogP contribution is -2.71. The molecule has 0 unspecified atom stereocenters. The maximum absolute atomic E-state index is 3.43. The predicted octanol–water partition coefficient (Wildman–Crippen LogP) is -0.109. The molecular weight excluding hydrogens is 174 g/mol. The third kappa shape index (κ3) is 1.58. The topological polar surface area (TPSA) is 27.3 Å². The molecule has 0 amide bonds. The second kappa shape index (κ2) is 3.47. The van der Waals surface area contributed by atoms with Crippen LogP contribution in [0.15, 0.2) is 0 Å². The first-order valence-corrected chi connectivity index (χ1v) is 6.00. The number of nitrogens with zero attached hydrogens (tertiary/aromatic N) is 1. The lowest BCUT2D eigenvalue weighted by Gasteiger charge is -2.57. The highest BCUT2D eigenvalue weighted by Gasteiger charge is 2.47. The van der Waals surface area contributed by atoms with E-state index in [-0.39, 0.29) is 0 Å². The predicted molar refractivity (Wildman–Crippen MR) is 57.3 cm³/mol. The van der Waals surface area contributed by atoms with E-state index >= 15 is 0 Å². The summed E-state index contributed by atoms with van der Waals surface area (Å²) >= 11 is 0. The highest BCUT2D eigenvalue weighted by Crippen LogP contribution is 2.34. The molecular formula is C11H21N3. The minimum absolute atomic E-state index is 0.715. The number of nitrogens with one attached hydrogen (secondary N) is 2. The molecule has 14 heavy (non-hydrogen) atoms. The van der Waals surface area contributed by atoms with E-state index < -0.39 is 0 Å². The molecule has 2 N–H and O–H groups in total.